The summed E-state index contributed by atoms with van der Waals surface area (Å²) >= 11 is 4.42. The fourth-order valence-corrected chi connectivity index (χ4v) is 4.98. The van der Waals surface area contributed by atoms with Crippen LogP contribution in [0.15, 0.2) is 30.3 Å². The minimum absolute atomic E-state index is 0.0168. The molecular formula is C22H33I2N2O12P. The molecule has 2 aromatic carbocycles. The topological polar surface area (TPSA) is 213 Å². The molecule has 0 saturated carbocycles. The van der Waals surface area contributed by atoms with E-state index in [1.807, 2.05) is 24.3 Å². The first kappa shape index (κ1) is 37.9. The number of hydrogen-bond donors (Lipinski definition) is 8. The lowest BCUT2D eigenvalue weighted by atomic mass is 10.1. The molecule has 0 spiro atoms. The SMILES string of the molecule is COc1ccc(/C=C\c2cc(I)c(OC)c(I)c2)cc1OP(=O)(O)O.OCN(CO)CO.OCN(CO)CO. The molecule has 17 heteroatoms. The van der Waals surface area contributed by atoms with Gasteiger partial charge in [0.1, 0.15) is 5.75 Å². The van der Waals surface area contributed by atoms with E-state index in [0.717, 1.165) is 28.3 Å². The van der Waals surface area contributed by atoms with Gasteiger partial charge in [-0.25, -0.2) is 14.4 Å². The zero-order chi connectivity index (χ0) is 30.0. The molecule has 0 unspecified atom stereocenters. The lowest BCUT2D eigenvalue weighted by molar-refractivity contribution is -0.0272. The maximum absolute atomic E-state index is 11.1. The van der Waals surface area contributed by atoms with Gasteiger partial charge in [-0.05, 0) is 80.6 Å². The van der Waals surface area contributed by atoms with Crippen molar-refractivity contribution in [2.24, 2.45) is 0 Å². The molecule has 0 saturated heterocycles. The number of phosphoric acid groups is 1. The first-order valence-electron chi connectivity index (χ1n) is 10.7. The van der Waals surface area contributed by atoms with Gasteiger partial charge in [-0.2, -0.15) is 0 Å². The molecule has 2 rings (SSSR count). The molecule has 0 bridgehead atoms. The van der Waals surface area contributed by atoms with Crippen LogP contribution >= 0.6 is 53.0 Å². The zero-order valence-electron chi connectivity index (χ0n) is 21.1. The van der Waals surface area contributed by atoms with Crippen LogP contribution in [0.4, 0.5) is 0 Å². The first-order valence-corrected chi connectivity index (χ1v) is 14.4. The number of nitrogens with zero attached hydrogens (tertiary/aromatic N) is 2. The monoisotopic (exact) mass is 802 g/mol. The van der Waals surface area contributed by atoms with Crippen LogP contribution < -0.4 is 14.0 Å². The van der Waals surface area contributed by atoms with Crippen molar-refractivity contribution in [1.82, 2.24) is 9.80 Å². The van der Waals surface area contributed by atoms with E-state index < -0.39 is 7.82 Å². The van der Waals surface area contributed by atoms with Crippen molar-refractivity contribution in [2.75, 3.05) is 54.6 Å². The van der Waals surface area contributed by atoms with E-state index in [1.165, 1.54) is 13.2 Å². The van der Waals surface area contributed by atoms with Gasteiger partial charge in [-0.15, -0.1) is 0 Å². The quantitative estimate of drug-likeness (QED) is 0.0647. The minimum Gasteiger partial charge on any atom is -0.495 e. The van der Waals surface area contributed by atoms with Gasteiger partial charge in [0.15, 0.2) is 11.5 Å². The third-order valence-electron chi connectivity index (χ3n) is 4.30. The van der Waals surface area contributed by atoms with Crippen LogP contribution in [-0.4, -0.2) is 105 Å². The third-order valence-corrected chi connectivity index (χ3v) is 6.34. The van der Waals surface area contributed by atoms with Gasteiger partial charge >= 0.3 is 7.82 Å². The number of rotatable bonds is 12. The second kappa shape index (κ2) is 20.7. The maximum Gasteiger partial charge on any atom is 0.524 e. The molecule has 0 aliphatic carbocycles. The molecule has 0 atom stereocenters. The number of phosphoric ester groups is 1. The number of benzene rings is 2. The number of hydrogen-bond acceptors (Lipinski definition) is 12. The van der Waals surface area contributed by atoms with Gasteiger partial charge < -0.3 is 44.6 Å². The zero-order valence-corrected chi connectivity index (χ0v) is 26.3. The Balaban J connectivity index is 0.000000848. The lowest BCUT2D eigenvalue weighted by Crippen LogP contribution is -2.26. The number of aliphatic hydroxyl groups is 6. The fourth-order valence-electron chi connectivity index (χ4n) is 2.33. The van der Waals surface area contributed by atoms with Crippen molar-refractivity contribution in [3.8, 4) is 17.2 Å². The van der Waals surface area contributed by atoms with Gasteiger partial charge in [-0.1, -0.05) is 18.2 Å². The highest BCUT2D eigenvalue weighted by Gasteiger charge is 2.19. The molecule has 2 aromatic rings. The van der Waals surface area contributed by atoms with Crippen molar-refractivity contribution in [1.29, 1.82) is 0 Å². The van der Waals surface area contributed by atoms with E-state index in [2.05, 4.69) is 49.7 Å². The first-order chi connectivity index (χ1) is 18.4. The highest BCUT2D eigenvalue weighted by Crippen LogP contribution is 2.42. The number of halogens is 2. The second-order valence-electron chi connectivity index (χ2n) is 7.03. The summed E-state index contributed by atoms with van der Waals surface area (Å²) in [5.74, 6) is 1.06. The summed E-state index contributed by atoms with van der Waals surface area (Å²) in [6, 6.07) is 8.82. The highest BCUT2D eigenvalue weighted by molar-refractivity contribution is 14.1. The maximum atomic E-state index is 11.1. The normalized spacial score (nSPS) is 11.1. The Morgan fingerprint density at radius 2 is 1.15 bits per heavy atom. The van der Waals surface area contributed by atoms with Crippen LogP contribution in [0.5, 0.6) is 17.2 Å². The van der Waals surface area contributed by atoms with Gasteiger partial charge in [-0.3, -0.25) is 9.79 Å². The number of aliphatic hydroxyl groups excluding tert-OH is 6. The molecule has 0 aliphatic heterocycles. The fraction of sp³-hybridized carbons (Fsp3) is 0.364. The Bertz CT molecular complexity index is 1000. The van der Waals surface area contributed by atoms with Gasteiger partial charge in [0.05, 0.1) is 61.7 Å². The van der Waals surface area contributed by atoms with Crippen LogP contribution in [-0.2, 0) is 4.57 Å². The van der Waals surface area contributed by atoms with Gasteiger partial charge in [0.2, 0.25) is 0 Å². The summed E-state index contributed by atoms with van der Waals surface area (Å²) in [6.07, 6.45) is 3.72. The number of ether oxygens (including phenoxy) is 2. The molecule has 8 N–H and O–H groups in total. The standard InChI is InChI=1S/C16H15I2O6P.2C3H9NO3/c1-22-14-6-5-10(9-15(14)24-25(19,20)21)3-4-11-7-12(17)16(23-2)13(18)8-11;2*5-1-4(2-6)3-7/h3-9H,1-2H3,(H2,19,20,21);2*5-7H,1-3H2/b4-3-;;. The van der Waals surface area contributed by atoms with E-state index in [9.17, 15) is 4.57 Å². The third kappa shape index (κ3) is 15.4. The van der Waals surface area contributed by atoms with Gasteiger partial charge in [0.25, 0.3) is 0 Å². The van der Waals surface area contributed by atoms with Crippen LogP contribution in [0.3, 0.4) is 0 Å². The Labute approximate surface area is 253 Å². The summed E-state index contributed by atoms with van der Waals surface area (Å²) < 4.78 is 28.1. The molecule has 222 valence electrons. The second-order valence-corrected chi connectivity index (χ2v) is 10.5. The summed E-state index contributed by atoms with van der Waals surface area (Å²) in [4.78, 5) is 20.1. The van der Waals surface area contributed by atoms with Crippen LogP contribution in [0.2, 0.25) is 0 Å². The van der Waals surface area contributed by atoms with E-state index in [4.69, 9.17) is 49.9 Å². The molecule has 0 radical (unpaired) electrons. The highest BCUT2D eigenvalue weighted by atomic mass is 127. The van der Waals surface area contributed by atoms with Crippen molar-refractivity contribution in [2.45, 2.75) is 0 Å². The molecule has 39 heavy (non-hydrogen) atoms. The summed E-state index contributed by atoms with van der Waals surface area (Å²) in [5, 5.41) is 48.8. The molecular weight excluding hydrogens is 769 g/mol. The smallest absolute Gasteiger partial charge is 0.495 e. The van der Waals surface area contributed by atoms with Crippen molar-refractivity contribution in [3.05, 3.63) is 48.6 Å². The Hall–Kier alpha value is -1.13. The molecule has 0 amide bonds. The van der Waals surface area contributed by atoms with Crippen LogP contribution in [0.25, 0.3) is 12.2 Å². The minimum atomic E-state index is -4.67. The van der Waals surface area contributed by atoms with Gasteiger partial charge in [0, 0.05) is 0 Å². The van der Waals surface area contributed by atoms with Crippen molar-refractivity contribution in [3.63, 3.8) is 0 Å². The predicted molar refractivity (Wildman–Crippen MR) is 159 cm³/mol. The lowest BCUT2D eigenvalue weighted by Gasteiger charge is -2.11. The summed E-state index contributed by atoms with van der Waals surface area (Å²) in [6.45, 7) is -1.88. The predicted octanol–water partition coefficient (Wildman–Crippen LogP) is 0.831. The van der Waals surface area contributed by atoms with Crippen molar-refractivity contribution < 1.29 is 59.0 Å². The average Bonchev–Trinajstić information content (AvgIpc) is 2.89. The average molecular weight is 802 g/mol. The summed E-state index contributed by atoms with van der Waals surface area (Å²) in [5.41, 5.74) is 1.69. The molecule has 14 nitrogen and oxygen atoms in total. The van der Waals surface area contributed by atoms with E-state index in [1.54, 1.807) is 19.2 Å². The Morgan fingerprint density at radius 1 is 0.718 bits per heavy atom. The van der Waals surface area contributed by atoms with Crippen LogP contribution in [0, 0.1) is 7.14 Å². The Kier molecular flexibility index (Phi) is 20.1. The summed E-state index contributed by atoms with van der Waals surface area (Å²) in [7, 11) is -1.63. The van der Waals surface area contributed by atoms with E-state index in [0.29, 0.717) is 5.56 Å². The molecule has 0 heterocycles. The molecule has 0 aliphatic rings. The molecule has 0 aromatic heterocycles. The van der Waals surface area contributed by atoms with E-state index >= 15 is 0 Å². The van der Waals surface area contributed by atoms with Crippen molar-refractivity contribution >= 4 is 65.2 Å². The molecule has 0 fully saturated rings. The number of methoxy groups -OCH3 is 2. The Morgan fingerprint density at radius 3 is 1.49 bits per heavy atom. The largest absolute Gasteiger partial charge is 0.524 e. The van der Waals surface area contributed by atoms with E-state index in [-0.39, 0.29) is 51.9 Å². The van der Waals surface area contributed by atoms with Crippen LogP contribution in [0.1, 0.15) is 11.1 Å².